The van der Waals surface area contributed by atoms with Gasteiger partial charge in [-0.2, -0.15) is 0 Å². The second kappa shape index (κ2) is 8.03. The number of fused-ring (bicyclic) bond motifs is 3. The van der Waals surface area contributed by atoms with Gasteiger partial charge in [0.1, 0.15) is 17.2 Å². The van der Waals surface area contributed by atoms with E-state index < -0.39 is 11.8 Å². The van der Waals surface area contributed by atoms with Crippen LogP contribution < -0.4 is 4.74 Å². The summed E-state index contributed by atoms with van der Waals surface area (Å²) in [4.78, 5) is 31.3. The molecule has 3 aromatic rings. The van der Waals surface area contributed by atoms with Crippen LogP contribution in [0.4, 0.5) is 0 Å². The predicted octanol–water partition coefficient (Wildman–Crippen LogP) is 5.29. The van der Waals surface area contributed by atoms with Crippen LogP contribution in [-0.4, -0.2) is 28.4 Å². The molecular formula is C24H23NO4S. The quantitative estimate of drug-likeness (QED) is 0.332. The molecule has 1 N–H and O–H groups in total. The van der Waals surface area contributed by atoms with Crippen LogP contribution in [0.2, 0.25) is 0 Å². The molecule has 2 heterocycles. The minimum Gasteiger partial charge on any atom is -0.489 e. The van der Waals surface area contributed by atoms with Crippen LogP contribution in [0.25, 0.3) is 21.3 Å². The first-order valence-corrected chi connectivity index (χ1v) is 10.8. The first-order valence-electron chi connectivity index (χ1n) is 9.99. The van der Waals surface area contributed by atoms with E-state index in [2.05, 4.69) is 11.6 Å². The number of aryl methyl sites for hydroxylation is 4. The third kappa shape index (κ3) is 3.41. The summed E-state index contributed by atoms with van der Waals surface area (Å²) in [6, 6.07) is 5.77. The van der Waals surface area contributed by atoms with Gasteiger partial charge in [0, 0.05) is 21.4 Å². The number of ketones is 1. The normalized spacial score (nSPS) is 13.1. The molecule has 0 amide bonds. The highest BCUT2D eigenvalue weighted by Gasteiger charge is 2.30. The molecular weight excluding hydrogens is 398 g/mol. The Morgan fingerprint density at radius 3 is 2.77 bits per heavy atom. The molecule has 0 saturated heterocycles. The number of pyridine rings is 1. The number of carboxylic acids is 1. The number of aliphatic carboxylic acids is 1. The number of hydrogen-bond donors (Lipinski definition) is 1. The Hall–Kier alpha value is -2.99. The SMILES string of the molecule is C=CCOc1cc(C)ccc1-c1c(C(=O)C(=O)O)c(C)nc2sc3c(c12)CCCC3. The summed E-state index contributed by atoms with van der Waals surface area (Å²) in [5, 5.41) is 10.4. The van der Waals surface area contributed by atoms with Crippen LogP contribution in [0.3, 0.4) is 0 Å². The zero-order chi connectivity index (χ0) is 21.4. The number of carbonyl (C=O) groups excluding carboxylic acids is 1. The molecule has 0 bridgehead atoms. The van der Waals surface area contributed by atoms with Crippen LogP contribution in [0, 0.1) is 13.8 Å². The molecule has 154 valence electrons. The maximum atomic E-state index is 12.8. The molecule has 0 spiro atoms. The second-order valence-electron chi connectivity index (χ2n) is 7.57. The Morgan fingerprint density at radius 1 is 1.27 bits per heavy atom. The van der Waals surface area contributed by atoms with Crippen molar-refractivity contribution in [2.75, 3.05) is 6.61 Å². The number of thiophene rings is 1. The monoisotopic (exact) mass is 421 g/mol. The number of ether oxygens (including phenoxy) is 1. The average molecular weight is 422 g/mol. The zero-order valence-corrected chi connectivity index (χ0v) is 17.9. The fourth-order valence-corrected chi connectivity index (χ4v) is 5.48. The highest BCUT2D eigenvalue weighted by molar-refractivity contribution is 7.19. The van der Waals surface area contributed by atoms with Gasteiger partial charge in [0.25, 0.3) is 5.78 Å². The Morgan fingerprint density at radius 2 is 2.03 bits per heavy atom. The van der Waals surface area contributed by atoms with Crippen molar-refractivity contribution in [3.63, 3.8) is 0 Å². The van der Waals surface area contributed by atoms with E-state index in [9.17, 15) is 14.7 Å². The Bertz CT molecular complexity index is 1190. The number of nitrogens with zero attached hydrogens (tertiary/aromatic N) is 1. The Labute approximate surface area is 179 Å². The van der Waals surface area contributed by atoms with E-state index in [0.29, 0.717) is 29.2 Å². The van der Waals surface area contributed by atoms with E-state index in [1.807, 2.05) is 25.1 Å². The topological polar surface area (TPSA) is 76.5 Å². The van der Waals surface area contributed by atoms with Gasteiger partial charge in [0.15, 0.2) is 0 Å². The molecule has 1 aliphatic carbocycles. The first-order chi connectivity index (χ1) is 14.4. The van der Waals surface area contributed by atoms with Crippen LogP contribution in [-0.2, 0) is 17.6 Å². The molecule has 6 heteroatoms. The minimum absolute atomic E-state index is 0.147. The van der Waals surface area contributed by atoms with Crippen LogP contribution in [0.5, 0.6) is 5.75 Å². The van der Waals surface area contributed by atoms with Crippen molar-refractivity contribution in [3.8, 4) is 16.9 Å². The standard InChI is InChI=1S/C24H23NO4S/c1-4-11-29-17-12-13(2)9-10-15(17)20-19(22(26)24(27)28)14(3)25-23-21(20)16-7-5-6-8-18(16)30-23/h4,9-10,12H,1,5-8,11H2,2-3H3,(H,27,28). The lowest BCUT2D eigenvalue weighted by Gasteiger charge is -2.18. The van der Waals surface area contributed by atoms with E-state index in [-0.39, 0.29) is 5.56 Å². The van der Waals surface area contributed by atoms with E-state index in [0.717, 1.165) is 41.5 Å². The molecule has 0 unspecified atom stereocenters. The van der Waals surface area contributed by atoms with Gasteiger partial charge in [0.2, 0.25) is 0 Å². The largest absolute Gasteiger partial charge is 0.489 e. The summed E-state index contributed by atoms with van der Waals surface area (Å²) in [6.45, 7) is 7.70. The van der Waals surface area contributed by atoms with E-state index in [1.54, 1.807) is 24.3 Å². The van der Waals surface area contributed by atoms with Gasteiger partial charge in [0.05, 0.1) is 11.3 Å². The fourth-order valence-electron chi connectivity index (χ4n) is 4.16. The van der Waals surface area contributed by atoms with E-state index in [4.69, 9.17) is 4.74 Å². The lowest BCUT2D eigenvalue weighted by atomic mass is 9.88. The molecule has 0 radical (unpaired) electrons. The fraction of sp³-hybridized carbons (Fsp3) is 0.292. The van der Waals surface area contributed by atoms with E-state index >= 15 is 0 Å². The molecule has 4 rings (SSSR count). The van der Waals surface area contributed by atoms with Gasteiger partial charge < -0.3 is 9.84 Å². The van der Waals surface area contributed by atoms with Crippen molar-refractivity contribution >= 4 is 33.3 Å². The summed E-state index contributed by atoms with van der Waals surface area (Å²) in [7, 11) is 0. The first kappa shape index (κ1) is 20.3. The molecule has 5 nitrogen and oxygen atoms in total. The highest BCUT2D eigenvalue weighted by Crippen LogP contribution is 2.45. The minimum atomic E-state index is -1.48. The summed E-state index contributed by atoms with van der Waals surface area (Å²) in [6.07, 6.45) is 5.76. The highest BCUT2D eigenvalue weighted by atomic mass is 32.1. The lowest BCUT2D eigenvalue weighted by molar-refractivity contribution is -0.131. The van der Waals surface area contributed by atoms with Gasteiger partial charge in [-0.1, -0.05) is 24.8 Å². The van der Waals surface area contributed by atoms with Gasteiger partial charge in [-0.3, -0.25) is 4.79 Å². The van der Waals surface area contributed by atoms with Gasteiger partial charge in [-0.05, 0) is 56.7 Å². The number of hydrogen-bond acceptors (Lipinski definition) is 5. The molecule has 0 saturated carbocycles. The summed E-state index contributed by atoms with van der Waals surface area (Å²) < 4.78 is 5.93. The van der Waals surface area contributed by atoms with Crippen LogP contribution in [0.15, 0.2) is 30.9 Å². The van der Waals surface area contributed by atoms with Crippen molar-refractivity contribution < 1.29 is 19.4 Å². The molecule has 0 fully saturated rings. The van der Waals surface area contributed by atoms with Crippen LogP contribution >= 0.6 is 11.3 Å². The van der Waals surface area contributed by atoms with Gasteiger partial charge in [-0.25, -0.2) is 9.78 Å². The van der Waals surface area contributed by atoms with Crippen LogP contribution in [0.1, 0.15) is 44.9 Å². The Kier molecular flexibility index (Phi) is 5.43. The smallest absolute Gasteiger partial charge is 0.377 e. The Balaban J connectivity index is 2.13. The number of Topliss-reactive ketones (excluding diaryl/α,β-unsaturated/α-hetero) is 1. The summed E-state index contributed by atoms with van der Waals surface area (Å²) in [5.41, 5.74) is 4.13. The van der Waals surface area contributed by atoms with Crippen molar-refractivity contribution in [2.45, 2.75) is 39.5 Å². The lowest BCUT2D eigenvalue weighted by Crippen LogP contribution is -2.17. The van der Waals surface area contributed by atoms with Crippen molar-refractivity contribution in [2.24, 2.45) is 0 Å². The predicted molar refractivity (Wildman–Crippen MR) is 119 cm³/mol. The number of carbonyl (C=O) groups is 2. The van der Waals surface area contributed by atoms with E-state index in [1.165, 1.54) is 10.4 Å². The molecule has 2 aromatic heterocycles. The maximum absolute atomic E-state index is 12.8. The number of carboxylic acid groups (broad SMARTS) is 1. The molecule has 0 atom stereocenters. The average Bonchev–Trinajstić information content (AvgIpc) is 3.08. The van der Waals surface area contributed by atoms with Crippen molar-refractivity contribution in [1.29, 1.82) is 0 Å². The zero-order valence-electron chi connectivity index (χ0n) is 17.1. The summed E-state index contributed by atoms with van der Waals surface area (Å²) >= 11 is 1.65. The second-order valence-corrected chi connectivity index (χ2v) is 8.66. The van der Waals surface area contributed by atoms with Gasteiger partial charge in [-0.15, -0.1) is 11.3 Å². The number of benzene rings is 1. The number of aromatic nitrogens is 1. The van der Waals surface area contributed by atoms with Crippen molar-refractivity contribution in [3.05, 3.63) is 58.1 Å². The number of rotatable bonds is 6. The molecule has 30 heavy (non-hydrogen) atoms. The summed E-state index contributed by atoms with van der Waals surface area (Å²) in [5.74, 6) is -1.81. The molecule has 1 aromatic carbocycles. The van der Waals surface area contributed by atoms with Gasteiger partial charge >= 0.3 is 5.97 Å². The molecule has 1 aliphatic rings. The third-order valence-corrected chi connectivity index (χ3v) is 6.65. The third-order valence-electron chi connectivity index (χ3n) is 5.47. The maximum Gasteiger partial charge on any atom is 0.377 e. The van der Waals surface area contributed by atoms with Crippen molar-refractivity contribution in [1.82, 2.24) is 4.98 Å². The molecule has 0 aliphatic heterocycles.